The van der Waals surface area contributed by atoms with Gasteiger partial charge in [0.25, 0.3) is 0 Å². The van der Waals surface area contributed by atoms with Gasteiger partial charge in [0.15, 0.2) is 0 Å². The van der Waals surface area contributed by atoms with Gasteiger partial charge in [-0.05, 0) is 114 Å². The Balaban J connectivity index is 1.46. The van der Waals surface area contributed by atoms with Gasteiger partial charge in [0.05, 0.1) is 0 Å². The lowest BCUT2D eigenvalue weighted by atomic mass is 9.62. The highest BCUT2D eigenvalue weighted by Crippen LogP contribution is 2.48. The average molecular weight is 545 g/mol. The minimum atomic E-state index is 0.0714. The molecule has 0 aromatic heterocycles. The molecule has 4 aromatic carbocycles. The molecule has 2 heteroatoms. The van der Waals surface area contributed by atoms with E-state index in [4.69, 9.17) is 11.5 Å². The highest BCUT2D eigenvalue weighted by atomic mass is 14.5. The average Bonchev–Trinajstić information content (AvgIpc) is 2.97. The summed E-state index contributed by atoms with van der Waals surface area (Å²) in [7, 11) is 0. The summed E-state index contributed by atoms with van der Waals surface area (Å²) in [6.45, 7) is 11.3. The van der Waals surface area contributed by atoms with Gasteiger partial charge in [0.2, 0.25) is 0 Å². The SMILES string of the molecule is CCCC1CCC(c2ccc(C(C)c3ccc(N)cc3C)cc2)(c2ccc(C(C)c3ccc(N)cc3C)cc2)CC1. The van der Waals surface area contributed by atoms with Crippen LogP contribution in [0.15, 0.2) is 84.9 Å². The maximum absolute atomic E-state index is 6.03. The number of hydrogen-bond donors (Lipinski definition) is 2. The molecule has 0 heterocycles. The number of rotatable bonds is 8. The monoisotopic (exact) mass is 544 g/mol. The number of hydrogen-bond acceptors (Lipinski definition) is 2. The maximum Gasteiger partial charge on any atom is 0.0316 e. The first kappa shape index (κ1) is 29.0. The topological polar surface area (TPSA) is 52.0 Å². The lowest BCUT2D eigenvalue weighted by Gasteiger charge is -2.42. The first-order valence-corrected chi connectivity index (χ1v) is 15.6. The van der Waals surface area contributed by atoms with Crippen LogP contribution in [0.5, 0.6) is 0 Å². The summed E-state index contributed by atoms with van der Waals surface area (Å²) < 4.78 is 0. The Morgan fingerprint density at radius 3 is 1.44 bits per heavy atom. The van der Waals surface area contributed by atoms with Crippen molar-refractivity contribution >= 4 is 11.4 Å². The summed E-state index contributed by atoms with van der Waals surface area (Å²) in [5.41, 5.74) is 24.7. The highest BCUT2D eigenvalue weighted by molar-refractivity contribution is 5.50. The zero-order valence-electron chi connectivity index (χ0n) is 25.7. The third-order valence-corrected chi connectivity index (χ3v) is 10.1. The van der Waals surface area contributed by atoms with E-state index >= 15 is 0 Å². The number of nitrogens with two attached hydrogens (primary N) is 2. The van der Waals surface area contributed by atoms with E-state index in [9.17, 15) is 0 Å². The normalized spacial score (nSPS) is 20.5. The molecule has 0 bridgehead atoms. The van der Waals surface area contributed by atoms with Crippen LogP contribution >= 0.6 is 0 Å². The van der Waals surface area contributed by atoms with Crippen molar-refractivity contribution in [3.8, 4) is 0 Å². The Labute approximate surface area is 248 Å². The quantitative estimate of drug-likeness (QED) is 0.217. The van der Waals surface area contributed by atoms with Crippen LogP contribution in [0.4, 0.5) is 11.4 Å². The molecule has 2 unspecified atom stereocenters. The van der Waals surface area contributed by atoms with Crippen LogP contribution in [0.25, 0.3) is 0 Å². The first-order chi connectivity index (χ1) is 19.7. The van der Waals surface area contributed by atoms with E-state index in [1.165, 1.54) is 83.0 Å². The van der Waals surface area contributed by atoms with Crippen LogP contribution in [0.3, 0.4) is 0 Å². The van der Waals surface area contributed by atoms with Gasteiger partial charge in [-0.2, -0.15) is 0 Å². The number of aryl methyl sites for hydroxylation is 2. The maximum atomic E-state index is 6.03. The van der Waals surface area contributed by atoms with Crippen molar-refractivity contribution in [3.63, 3.8) is 0 Å². The van der Waals surface area contributed by atoms with E-state index in [1.54, 1.807) is 0 Å². The zero-order chi connectivity index (χ0) is 29.1. The Morgan fingerprint density at radius 2 is 1.07 bits per heavy atom. The number of anilines is 2. The Hall–Kier alpha value is -3.52. The van der Waals surface area contributed by atoms with Crippen molar-refractivity contribution in [1.82, 2.24) is 0 Å². The molecular weight excluding hydrogens is 496 g/mol. The Kier molecular flexibility index (Phi) is 8.59. The summed E-state index contributed by atoms with van der Waals surface area (Å²) >= 11 is 0. The molecule has 2 atom stereocenters. The van der Waals surface area contributed by atoms with E-state index in [0.717, 1.165) is 17.3 Å². The van der Waals surface area contributed by atoms with Gasteiger partial charge >= 0.3 is 0 Å². The largest absolute Gasteiger partial charge is 0.399 e. The van der Waals surface area contributed by atoms with E-state index in [1.807, 2.05) is 12.1 Å². The fourth-order valence-electron chi connectivity index (χ4n) is 7.52. The molecule has 41 heavy (non-hydrogen) atoms. The van der Waals surface area contributed by atoms with E-state index in [2.05, 4.69) is 107 Å². The van der Waals surface area contributed by atoms with Crippen molar-refractivity contribution in [2.24, 2.45) is 5.92 Å². The highest BCUT2D eigenvalue weighted by Gasteiger charge is 2.38. The van der Waals surface area contributed by atoms with E-state index in [0.29, 0.717) is 11.8 Å². The molecule has 0 radical (unpaired) electrons. The molecule has 0 amide bonds. The Morgan fingerprint density at radius 1 is 0.659 bits per heavy atom. The molecule has 5 rings (SSSR count). The predicted octanol–water partition coefficient (Wildman–Crippen LogP) is 10.0. The van der Waals surface area contributed by atoms with Crippen LogP contribution in [0.2, 0.25) is 0 Å². The molecule has 4 N–H and O–H groups in total. The van der Waals surface area contributed by atoms with Gasteiger partial charge in [0.1, 0.15) is 0 Å². The molecule has 1 saturated carbocycles. The minimum absolute atomic E-state index is 0.0714. The molecule has 1 fully saturated rings. The molecule has 0 spiro atoms. The predicted molar refractivity (Wildman–Crippen MR) is 177 cm³/mol. The second-order valence-corrected chi connectivity index (χ2v) is 12.7. The van der Waals surface area contributed by atoms with Crippen molar-refractivity contribution < 1.29 is 0 Å². The fourth-order valence-corrected chi connectivity index (χ4v) is 7.52. The van der Waals surface area contributed by atoms with Crippen molar-refractivity contribution in [2.45, 2.75) is 90.4 Å². The summed E-state index contributed by atoms with van der Waals surface area (Å²) in [4.78, 5) is 0. The van der Waals surface area contributed by atoms with Crippen LogP contribution in [0, 0.1) is 19.8 Å². The van der Waals surface area contributed by atoms with Gasteiger partial charge in [-0.15, -0.1) is 0 Å². The first-order valence-electron chi connectivity index (χ1n) is 15.6. The van der Waals surface area contributed by atoms with Crippen LogP contribution in [-0.4, -0.2) is 0 Å². The molecule has 0 saturated heterocycles. The second-order valence-electron chi connectivity index (χ2n) is 12.7. The molecule has 214 valence electrons. The van der Waals surface area contributed by atoms with Crippen LogP contribution in [-0.2, 0) is 5.41 Å². The van der Waals surface area contributed by atoms with Gasteiger partial charge in [-0.1, -0.05) is 94.3 Å². The molecule has 4 aromatic rings. The number of nitrogen functional groups attached to an aromatic ring is 2. The van der Waals surface area contributed by atoms with Crippen LogP contribution < -0.4 is 11.5 Å². The van der Waals surface area contributed by atoms with Gasteiger partial charge < -0.3 is 11.5 Å². The third-order valence-electron chi connectivity index (χ3n) is 10.1. The number of benzene rings is 4. The smallest absolute Gasteiger partial charge is 0.0316 e. The summed E-state index contributed by atoms with van der Waals surface area (Å²) in [5, 5.41) is 0. The van der Waals surface area contributed by atoms with Gasteiger partial charge in [0, 0.05) is 28.6 Å². The Bertz CT molecular complexity index is 1350. The summed E-state index contributed by atoms with van der Waals surface area (Å²) in [6, 6.07) is 31.8. The van der Waals surface area contributed by atoms with Crippen LogP contribution in [0.1, 0.15) is 116 Å². The van der Waals surface area contributed by atoms with Crippen molar-refractivity contribution in [3.05, 3.63) is 129 Å². The lowest BCUT2D eigenvalue weighted by molar-refractivity contribution is 0.253. The third kappa shape index (κ3) is 5.94. The van der Waals surface area contributed by atoms with E-state index in [-0.39, 0.29) is 5.41 Å². The molecular formula is C39H48N2. The van der Waals surface area contributed by atoms with Crippen molar-refractivity contribution in [2.75, 3.05) is 11.5 Å². The molecule has 1 aliphatic rings. The minimum Gasteiger partial charge on any atom is -0.399 e. The standard InChI is InChI=1S/C39H48N2/c1-6-7-30-20-22-39(23-21-30,33-12-8-31(9-13-33)28(4)37-18-16-35(40)24-26(37)2)34-14-10-32(11-15-34)29(5)38-19-17-36(41)25-27(38)3/h8-19,24-25,28-30H,6-7,20-23,40-41H2,1-5H3. The van der Waals surface area contributed by atoms with Crippen molar-refractivity contribution in [1.29, 1.82) is 0 Å². The molecule has 0 aliphatic heterocycles. The lowest BCUT2D eigenvalue weighted by Crippen LogP contribution is -2.33. The van der Waals surface area contributed by atoms with E-state index < -0.39 is 0 Å². The van der Waals surface area contributed by atoms with Gasteiger partial charge in [-0.3, -0.25) is 0 Å². The zero-order valence-corrected chi connectivity index (χ0v) is 25.7. The molecule has 2 nitrogen and oxygen atoms in total. The molecule has 1 aliphatic carbocycles. The fraction of sp³-hybridized carbons (Fsp3) is 0.385. The second kappa shape index (κ2) is 12.1. The summed E-state index contributed by atoms with van der Waals surface area (Å²) in [5.74, 6) is 1.52. The van der Waals surface area contributed by atoms with Gasteiger partial charge in [-0.25, -0.2) is 0 Å². The summed E-state index contributed by atoms with van der Waals surface area (Å²) in [6.07, 6.45) is 7.68.